The molecule has 0 aliphatic carbocycles. The van der Waals surface area contributed by atoms with Gasteiger partial charge in [0.25, 0.3) is 5.91 Å². The molecule has 2 N–H and O–H groups in total. The number of benzene rings is 1. The van der Waals surface area contributed by atoms with Crippen molar-refractivity contribution in [1.29, 1.82) is 0 Å². The molecule has 1 aromatic rings. The van der Waals surface area contributed by atoms with Gasteiger partial charge < -0.3 is 19.8 Å². The third-order valence-corrected chi connectivity index (χ3v) is 6.41. The summed E-state index contributed by atoms with van der Waals surface area (Å²) in [6, 6.07) is 0. The van der Waals surface area contributed by atoms with Crippen molar-refractivity contribution in [3.05, 3.63) is 22.3 Å². The number of phenolic OH excluding ortho intramolecular Hbond substituents is 1. The van der Waals surface area contributed by atoms with Crippen LogP contribution in [0.4, 0.5) is 0 Å². The molecule has 1 aromatic carbocycles. The molecule has 1 unspecified atom stereocenters. The molecule has 2 aliphatic heterocycles. The van der Waals surface area contributed by atoms with Crippen LogP contribution < -0.4 is 4.74 Å². The number of ether oxygens (including phenoxy) is 1. The van der Waals surface area contributed by atoms with E-state index in [4.69, 9.17) is 9.84 Å². The standard InChI is InChI=1S/C21H31NO4/c1-13-14(2)19-17(15(3)18(13)24)5-9-21(4,26-19)20(25)22-10-6-16(7-11-22)8-12-23/h16,23-24H,5-12H2,1-4H3. The fraction of sp³-hybridized carbons (Fsp3) is 0.667. The fourth-order valence-corrected chi connectivity index (χ4v) is 4.34. The molecule has 0 bridgehead atoms. The summed E-state index contributed by atoms with van der Waals surface area (Å²) in [7, 11) is 0. The number of amides is 1. The van der Waals surface area contributed by atoms with Gasteiger partial charge >= 0.3 is 0 Å². The maximum Gasteiger partial charge on any atom is 0.266 e. The van der Waals surface area contributed by atoms with Gasteiger partial charge in [0.15, 0.2) is 5.60 Å². The Labute approximate surface area is 156 Å². The first-order valence-corrected chi connectivity index (χ1v) is 9.69. The van der Waals surface area contributed by atoms with Gasteiger partial charge in [0, 0.05) is 31.7 Å². The van der Waals surface area contributed by atoms with Crippen LogP contribution in [-0.2, 0) is 11.2 Å². The smallest absolute Gasteiger partial charge is 0.266 e. The highest BCUT2D eigenvalue weighted by Gasteiger charge is 2.43. The molecule has 0 radical (unpaired) electrons. The predicted molar refractivity (Wildman–Crippen MR) is 101 cm³/mol. The second-order valence-electron chi connectivity index (χ2n) is 8.11. The van der Waals surface area contributed by atoms with Crippen molar-refractivity contribution in [3.8, 4) is 11.5 Å². The second-order valence-corrected chi connectivity index (χ2v) is 8.11. The number of likely N-dealkylation sites (tertiary alicyclic amines) is 1. The van der Waals surface area contributed by atoms with Gasteiger partial charge in [-0.2, -0.15) is 0 Å². The molecule has 2 heterocycles. The van der Waals surface area contributed by atoms with E-state index in [2.05, 4.69) is 0 Å². The van der Waals surface area contributed by atoms with Gasteiger partial charge in [-0.15, -0.1) is 0 Å². The number of nitrogens with zero attached hydrogens (tertiary/aromatic N) is 1. The normalized spacial score (nSPS) is 23.5. The average molecular weight is 361 g/mol. The van der Waals surface area contributed by atoms with E-state index in [0.29, 0.717) is 18.1 Å². The van der Waals surface area contributed by atoms with Crippen LogP contribution in [-0.4, -0.2) is 46.3 Å². The number of aromatic hydroxyl groups is 1. The number of aliphatic hydroxyl groups excluding tert-OH is 1. The molecule has 0 saturated carbocycles. The maximum atomic E-state index is 13.2. The van der Waals surface area contributed by atoms with Crippen LogP contribution in [0, 0.1) is 26.7 Å². The Hall–Kier alpha value is -1.75. The summed E-state index contributed by atoms with van der Waals surface area (Å²) in [4.78, 5) is 15.1. The summed E-state index contributed by atoms with van der Waals surface area (Å²) in [5.74, 6) is 1.69. The van der Waals surface area contributed by atoms with Crippen molar-refractivity contribution in [1.82, 2.24) is 4.90 Å². The zero-order valence-electron chi connectivity index (χ0n) is 16.4. The molecule has 26 heavy (non-hydrogen) atoms. The monoisotopic (exact) mass is 361 g/mol. The van der Waals surface area contributed by atoms with E-state index in [1.165, 1.54) is 0 Å². The molecule has 3 rings (SSSR count). The fourth-order valence-electron chi connectivity index (χ4n) is 4.34. The molecule has 5 nitrogen and oxygen atoms in total. The van der Waals surface area contributed by atoms with Crippen molar-refractivity contribution >= 4 is 5.91 Å². The summed E-state index contributed by atoms with van der Waals surface area (Å²) >= 11 is 0. The van der Waals surface area contributed by atoms with Crippen LogP contribution in [0.15, 0.2) is 0 Å². The number of hydrogen-bond donors (Lipinski definition) is 2. The number of fused-ring (bicyclic) bond motifs is 1. The zero-order chi connectivity index (χ0) is 19.1. The first-order chi connectivity index (χ1) is 12.3. The highest BCUT2D eigenvalue weighted by Crippen LogP contribution is 2.43. The summed E-state index contributed by atoms with van der Waals surface area (Å²) in [5, 5.41) is 19.4. The van der Waals surface area contributed by atoms with Crippen molar-refractivity contribution in [3.63, 3.8) is 0 Å². The molecular formula is C21H31NO4. The third-order valence-electron chi connectivity index (χ3n) is 6.41. The summed E-state index contributed by atoms with van der Waals surface area (Å²) < 4.78 is 6.31. The summed E-state index contributed by atoms with van der Waals surface area (Å²) in [6.45, 7) is 9.35. The van der Waals surface area contributed by atoms with Crippen molar-refractivity contribution in [2.24, 2.45) is 5.92 Å². The molecule has 0 spiro atoms. The van der Waals surface area contributed by atoms with Crippen LogP contribution in [0.5, 0.6) is 11.5 Å². The Morgan fingerprint density at radius 1 is 1.19 bits per heavy atom. The average Bonchev–Trinajstić information content (AvgIpc) is 2.65. The molecule has 1 saturated heterocycles. The highest BCUT2D eigenvalue weighted by molar-refractivity contribution is 5.86. The van der Waals surface area contributed by atoms with E-state index < -0.39 is 5.60 Å². The lowest BCUT2D eigenvalue weighted by Crippen LogP contribution is -2.54. The zero-order valence-corrected chi connectivity index (χ0v) is 16.4. The van der Waals surface area contributed by atoms with Gasteiger partial charge in [-0.05, 0) is 76.0 Å². The van der Waals surface area contributed by atoms with E-state index in [1.54, 1.807) is 0 Å². The molecule has 1 atom stereocenters. The molecule has 5 heteroatoms. The molecule has 1 amide bonds. The predicted octanol–water partition coefficient (Wildman–Crippen LogP) is 3.02. The van der Waals surface area contributed by atoms with E-state index in [9.17, 15) is 9.90 Å². The topological polar surface area (TPSA) is 70.0 Å². The molecular weight excluding hydrogens is 330 g/mol. The quantitative estimate of drug-likeness (QED) is 0.868. The van der Waals surface area contributed by atoms with Gasteiger partial charge in [-0.25, -0.2) is 0 Å². The maximum absolute atomic E-state index is 13.2. The van der Waals surface area contributed by atoms with E-state index in [1.807, 2.05) is 32.6 Å². The minimum absolute atomic E-state index is 0.0633. The number of phenols is 1. The Morgan fingerprint density at radius 2 is 1.85 bits per heavy atom. The van der Waals surface area contributed by atoms with Crippen molar-refractivity contribution in [2.75, 3.05) is 19.7 Å². The van der Waals surface area contributed by atoms with Crippen molar-refractivity contribution in [2.45, 2.75) is 65.4 Å². The summed E-state index contributed by atoms with van der Waals surface area (Å²) in [5.41, 5.74) is 2.78. The van der Waals surface area contributed by atoms with Crippen LogP contribution in [0.3, 0.4) is 0 Å². The summed E-state index contributed by atoms with van der Waals surface area (Å²) in [6.07, 6.45) is 4.08. The van der Waals surface area contributed by atoms with Crippen LogP contribution in [0.2, 0.25) is 0 Å². The number of piperidine rings is 1. The Kier molecular flexibility index (Phi) is 5.20. The minimum atomic E-state index is -0.850. The largest absolute Gasteiger partial charge is 0.507 e. The highest BCUT2D eigenvalue weighted by atomic mass is 16.5. The molecule has 2 aliphatic rings. The lowest BCUT2D eigenvalue weighted by atomic mass is 9.85. The van der Waals surface area contributed by atoms with E-state index in [-0.39, 0.29) is 12.5 Å². The van der Waals surface area contributed by atoms with Gasteiger partial charge in [0.1, 0.15) is 11.5 Å². The van der Waals surface area contributed by atoms with Crippen molar-refractivity contribution < 1.29 is 19.7 Å². The van der Waals surface area contributed by atoms with Crippen LogP contribution >= 0.6 is 0 Å². The number of carbonyl (C=O) groups is 1. The van der Waals surface area contributed by atoms with Gasteiger partial charge in [0.05, 0.1) is 0 Å². The van der Waals surface area contributed by atoms with Gasteiger partial charge in [-0.1, -0.05) is 0 Å². The van der Waals surface area contributed by atoms with Gasteiger partial charge in [-0.3, -0.25) is 4.79 Å². The number of carbonyl (C=O) groups excluding carboxylic acids is 1. The number of hydrogen-bond acceptors (Lipinski definition) is 4. The molecule has 144 valence electrons. The molecule has 0 aromatic heterocycles. The number of aliphatic hydroxyl groups is 1. The lowest BCUT2D eigenvalue weighted by Gasteiger charge is -2.41. The second kappa shape index (κ2) is 7.10. The first-order valence-electron chi connectivity index (χ1n) is 9.69. The van der Waals surface area contributed by atoms with E-state index >= 15 is 0 Å². The van der Waals surface area contributed by atoms with Crippen LogP contribution in [0.1, 0.15) is 54.9 Å². The number of rotatable bonds is 3. The van der Waals surface area contributed by atoms with Crippen LogP contribution in [0.25, 0.3) is 0 Å². The molecule has 1 fully saturated rings. The SMILES string of the molecule is Cc1c(C)c2c(c(C)c1O)CCC(C)(C(=O)N1CCC(CCO)CC1)O2. The Bertz CT molecular complexity index is 707. The minimum Gasteiger partial charge on any atom is -0.507 e. The Balaban J connectivity index is 1.80. The van der Waals surface area contributed by atoms with Gasteiger partial charge in [0.2, 0.25) is 0 Å². The Morgan fingerprint density at radius 3 is 2.46 bits per heavy atom. The first kappa shape index (κ1) is 19.0. The lowest BCUT2D eigenvalue weighted by molar-refractivity contribution is -0.149. The third kappa shape index (κ3) is 3.18. The van der Waals surface area contributed by atoms with E-state index in [0.717, 1.165) is 66.8 Å².